The summed E-state index contributed by atoms with van der Waals surface area (Å²) in [5.41, 5.74) is 0.0708. The van der Waals surface area contributed by atoms with Gasteiger partial charge in [0.25, 0.3) is 5.91 Å². The molecule has 1 saturated heterocycles. The molecule has 1 aliphatic heterocycles. The Morgan fingerprint density at radius 2 is 1.77 bits per heavy atom. The van der Waals surface area contributed by atoms with Crippen LogP contribution in [0, 0.1) is 5.82 Å². The summed E-state index contributed by atoms with van der Waals surface area (Å²) in [5.74, 6) is -0.856. The highest BCUT2D eigenvalue weighted by Gasteiger charge is 2.26. The number of amides is 2. The van der Waals surface area contributed by atoms with Crippen LogP contribution in [0.2, 0.25) is 0 Å². The minimum Gasteiger partial charge on any atom is -0.449 e. The first kappa shape index (κ1) is 16.3. The summed E-state index contributed by atoms with van der Waals surface area (Å²) in [4.78, 5) is 27.2. The monoisotopic (exact) mass is 308 g/mol. The minimum absolute atomic E-state index is 0.0708. The van der Waals surface area contributed by atoms with Gasteiger partial charge in [0.15, 0.2) is 0 Å². The van der Waals surface area contributed by atoms with Crippen LogP contribution in [0.25, 0.3) is 0 Å². The van der Waals surface area contributed by atoms with Crippen LogP contribution < -0.4 is 0 Å². The summed E-state index contributed by atoms with van der Waals surface area (Å²) in [7, 11) is 0. The summed E-state index contributed by atoms with van der Waals surface area (Å²) in [6.45, 7) is 4.03. The normalized spacial score (nSPS) is 14.8. The molecule has 0 radical (unpaired) electrons. The number of piperazine rings is 1. The van der Waals surface area contributed by atoms with Gasteiger partial charge in [0, 0.05) is 26.2 Å². The van der Waals surface area contributed by atoms with Gasteiger partial charge in [-0.25, -0.2) is 9.18 Å². The number of nitrogens with zero attached hydrogens (tertiary/aromatic N) is 2. The highest BCUT2D eigenvalue weighted by atomic mass is 19.1. The van der Waals surface area contributed by atoms with Gasteiger partial charge >= 0.3 is 6.09 Å². The van der Waals surface area contributed by atoms with Crippen molar-refractivity contribution in [2.45, 2.75) is 19.8 Å². The lowest BCUT2D eigenvalue weighted by Gasteiger charge is -2.34. The molecule has 2 rings (SSSR count). The number of hydrogen-bond acceptors (Lipinski definition) is 3. The fourth-order valence-corrected chi connectivity index (χ4v) is 2.29. The Balaban J connectivity index is 1.85. The average Bonchev–Trinajstić information content (AvgIpc) is 2.55. The Morgan fingerprint density at radius 3 is 2.41 bits per heavy atom. The smallest absolute Gasteiger partial charge is 0.409 e. The quantitative estimate of drug-likeness (QED) is 0.803. The van der Waals surface area contributed by atoms with E-state index >= 15 is 0 Å². The Morgan fingerprint density at radius 1 is 1.14 bits per heavy atom. The maximum Gasteiger partial charge on any atom is 0.409 e. The molecule has 1 aliphatic rings. The molecule has 1 aromatic carbocycles. The number of unbranched alkanes of at least 4 members (excludes halogenated alkanes) is 1. The molecule has 5 nitrogen and oxygen atoms in total. The van der Waals surface area contributed by atoms with Crippen LogP contribution in [0.1, 0.15) is 30.1 Å². The van der Waals surface area contributed by atoms with E-state index in [0.29, 0.717) is 32.8 Å². The van der Waals surface area contributed by atoms with E-state index in [1.165, 1.54) is 12.1 Å². The van der Waals surface area contributed by atoms with Gasteiger partial charge in [-0.15, -0.1) is 0 Å². The number of carbonyl (C=O) groups excluding carboxylic acids is 2. The van der Waals surface area contributed by atoms with Gasteiger partial charge < -0.3 is 14.5 Å². The lowest BCUT2D eigenvalue weighted by molar-refractivity contribution is 0.0554. The predicted molar refractivity (Wildman–Crippen MR) is 80.1 cm³/mol. The minimum atomic E-state index is -0.520. The second-order valence-corrected chi connectivity index (χ2v) is 5.23. The van der Waals surface area contributed by atoms with Gasteiger partial charge in [0.1, 0.15) is 5.82 Å². The number of benzene rings is 1. The van der Waals surface area contributed by atoms with E-state index in [4.69, 9.17) is 4.74 Å². The predicted octanol–water partition coefficient (Wildman–Crippen LogP) is 2.52. The summed E-state index contributed by atoms with van der Waals surface area (Å²) < 4.78 is 18.8. The Hall–Kier alpha value is -2.11. The maximum atomic E-state index is 13.6. The number of ether oxygens (including phenoxy) is 1. The zero-order valence-electron chi connectivity index (χ0n) is 12.8. The second-order valence-electron chi connectivity index (χ2n) is 5.23. The van der Waals surface area contributed by atoms with Crippen molar-refractivity contribution in [2.24, 2.45) is 0 Å². The van der Waals surface area contributed by atoms with Gasteiger partial charge in [-0.05, 0) is 18.6 Å². The molecule has 0 N–H and O–H groups in total. The molecule has 2 amide bonds. The molecule has 1 aromatic rings. The van der Waals surface area contributed by atoms with Crippen LogP contribution in [-0.4, -0.2) is 54.6 Å². The Kier molecular flexibility index (Phi) is 5.75. The average molecular weight is 308 g/mol. The molecule has 0 aromatic heterocycles. The van der Waals surface area contributed by atoms with E-state index in [2.05, 4.69) is 0 Å². The van der Waals surface area contributed by atoms with Crippen LogP contribution in [0.5, 0.6) is 0 Å². The molecule has 22 heavy (non-hydrogen) atoms. The van der Waals surface area contributed by atoms with Crippen molar-refractivity contribution in [1.82, 2.24) is 9.80 Å². The molecule has 0 spiro atoms. The molecule has 0 aliphatic carbocycles. The third-order valence-electron chi connectivity index (χ3n) is 3.65. The van der Waals surface area contributed by atoms with E-state index < -0.39 is 5.82 Å². The first-order chi connectivity index (χ1) is 10.6. The largest absolute Gasteiger partial charge is 0.449 e. The van der Waals surface area contributed by atoms with E-state index in [9.17, 15) is 14.0 Å². The van der Waals surface area contributed by atoms with Crippen molar-refractivity contribution in [1.29, 1.82) is 0 Å². The molecule has 0 unspecified atom stereocenters. The first-order valence-corrected chi connectivity index (χ1v) is 7.59. The molecular weight excluding hydrogens is 287 g/mol. The Bertz CT molecular complexity index is 528. The molecule has 0 bridgehead atoms. The number of rotatable bonds is 4. The van der Waals surface area contributed by atoms with Crippen molar-refractivity contribution in [3.8, 4) is 0 Å². The molecule has 120 valence electrons. The fraction of sp³-hybridized carbons (Fsp3) is 0.500. The number of hydrogen-bond donors (Lipinski definition) is 0. The number of halogens is 1. The van der Waals surface area contributed by atoms with E-state index in [1.54, 1.807) is 21.9 Å². The van der Waals surface area contributed by atoms with Crippen LogP contribution in [0.15, 0.2) is 24.3 Å². The van der Waals surface area contributed by atoms with Crippen molar-refractivity contribution >= 4 is 12.0 Å². The van der Waals surface area contributed by atoms with Gasteiger partial charge in [0.05, 0.1) is 12.2 Å². The van der Waals surface area contributed by atoms with E-state index in [0.717, 1.165) is 12.8 Å². The third kappa shape index (κ3) is 3.96. The van der Waals surface area contributed by atoms with Gasteiger partial charge in [-0.1, -0.05) is 25.5 Å². The highest BCUT2D eigenvalue weighted by Crippen LogP contribution is 2.12. The highest BCUT2D eigenvalue weighted by molar-refractivity contribution is 5.94. The van der Waals surface area contributed by atoms with Crippen LogP contribution in [0.4, 0.5) is 9.18 Å². The van der Waals surface area contributed by atoms with Crippen LogP contribution >= 0.6 is 0 Å². The third-order valence-corrected chi connectivity index (χ3v) is 3.65. The summed E-state index contributed by atoms with van der Waals surface area (Å²) in [5, 5.41) is 0. The summed E-state index contributed by atoms with van der Waals surface area (Å²) in [6.07, 6.45) is 1.47. The standard InChI is InChI=1S/C16H21FN2O3/c1-2-3-12-22-16(21)19-10-8-18(9-11-19)15(20)13-6-4-5-7-14(13)17/h4-7H,2-3,8-12H2,1H3. The maximum absolute atomic E-state index is 13.6. The van der Waals surface area contributed by atoms with Gasteiger partial charge in [-0.2, -0.15) is 0 Å². The van der Waals surface area contributed by atoms with E-state index in [1.807, 2.05) is 6.92 Å². The molecule has 1 fully saturated rings. The lowest BCUT2D eigenvalue weighted by Crippen LogP contribution is -2.50. The molecule has 0 saturated carbocycles. The SMILES string of the molecule is CCCCOC(=O)N1CCN(C(=O)c2ccccc2F)CC1. The van der Waals surface area contributed by atoms with Crippen molar-refractivity contribution in [3.63, 3.8) is 0 Å². The fourth-order valence-electron chi connectivity index (χ4n) is 2.29. The molecule has 0 atom stereocenters. The van der Waals surface area contributed by atoms with Gasteiger partial charge in [0.2, 0.25) is 0 Å². The zero-order chi connectivity index (χ0) is 15.9. The van der Waals surface area contributed by atoms with Crippen LogP contribution in [-0.2, 0) is 4.74 Å². The zero-order valence-corrected chi connectivity index (χ0v) is 12.8. The molecular formula is C16H21FN2O3. The first-order valence-electron chi connectivity index (χ1n) is 7.59. The van der Waals surface area contributed by atoms with Crippen molar-refractivity contribution < 1.29 is 18.7 Å². The lowest BCUT2D eigenvalue weighted by atomic mass is 10.1. The summed E-state index contributed by atoms with van der Waals surface area (Å²) >= 11 is 0. The van der Waals surface area contributed by atoms with Crippen LogP contribution in [0.3, 0.4) is 0 Å². The van der Waals surface area contributed by atoms with Crippen molar-refractivity contribution in [3.05, 3.63) is 35.6 Å². The second kappa shape index (κ2) is 7.77. The van der Waals surface area contributed by atoms with Crippen molar-refractivity contribution in [2.75, 3.05) is 32.8 Å². The topological polar surface area (TPSA) is 49.9 Å². The van der Waals surface area contributed by atoms with E-state index in [-0.39, 0.29) is 17.6 Å². The van der Waals surface area contributed by atoms with Gasteiger partial charge in [-0.3, -0.25) is 4.79 Å². The number of carbonyl (C=O) groups is 2. The molecule has 1 heterocycles. The molecule has 6 heteroatoms. The summed E-state index contributed by atoms with van der Waals surface area (Å²) in [6, 6.07) is 5.94. The Labute approximate surface area is 129 Å².